The number of benzene rings is 6. The molecule has 1 aliphatic heterocycles. The van der Waals surface area contributed by atoms with E-state index in [-0.39, 0.29) is 0 Å². The first-order chi connectivity index (χ1) is 21.3. The van der Waals surface area contributed by atoms with Crippen molar-refractivity contribution in [2.24, 2.45) is 0 Å². The van der Waals surface area contributed by atoms with Gasteiger partial charge >= 0.3 is 0 Å². The van der Waals surface area contributed by atoms with Crippen LogP contribution in [0.2, 0.25) is 0 Å². The van der Waals surface area contributed by atoms with E-state index in [0.717, 1.165) is 6.42 Å². The molecule has 43 heavy (non-hydrogen) atoms. The minimum Gasteiger partial charge on any atom is -0.357 e. The van der Waals surface area contributed by atoms with E-state index in [1.165, 1.54) is 65.8 Å². The fraction of sp³-hybridized carbons (Fsp3) is 0.0952. The molecule has 1 nitrogen and oxygen atoms in total. The van der Waals surface area contributed by atoms with E-state index in [0.29, 0.717) is 18.0 Å². The molecule has 6 aromatic rings. The third kappa shape index (κ3) is 3.85. The molecular weight excluding hydrogens is 518 g/mol. The van der Waals surface area contributed by atoms with Crippen LogP contribution in [-0.4, -0.2) is 12.1 Å². The SMILES string of the molecule is C1=CCC(N2c3ccccc3C3C=C(c4ccc(-c5ccc6c7ccccc7c7ccccc7c6c5)cc4)C=CC32)C=C1. The zero-order chi connectivity index (χ0) is 28.3. The maximum absolute atomic E-state index is 2.62. The van der Waals surface area contributed by atoms with Crippen LogP contribution in [0.15, 0.2) is 158 Å². The van der Waals surface area contributed by atoms with Crippen LogP contribution in [0.1, 0.15) is 23.5 Å². The van der Waals surface area contributed by atoms with E-state index in [1.54, 1.807) is 0 Å². The van der Waals surface area contributed by atoms with Crippen molar-refractivity contribution in [1.82, 2.24) is 0 Å². The number of fused-ring (bicyclic) bond motifs is 9. The summed E-state index contributed by atoms with van der Waals surface area (Å²) in [7, 11) is 0. The van der Waals surface area contributed by atoms with Crippen molar-refractivity contribution < 1.29 is 0 Å². The van der Waals surface area contributed by atoms with Crippen LogP contribution in [-0.2, 0) is 0 Å². The number of rotatable bonds is 3. The maximum Gasteiger partial charge on any atom is 0.0587 e. The first-order valence-electron chi connectivity index (χ1n) is 15.4. The lowest BCUT2D eigenvalue weighted by atomic mass is 9.85. The smallest absolute Gasteiger partial charge is 0.0587 e. The summed E-state index contributed by atoms with van der Waals surface area (Å²) in [6, 6.07) is 43.4. The molecule has 0 saturated carbocycles. The Morgan fingerprint density at radius 2 is 1.16 bits per heavy atom. The molecule has 204 valence electrons. The zero-order valence-corrected chi connectivity index (χ0v) is 23.9. The van der Waals surface area contributed by atoms with Crippen LogP contribution in [0.3, 0.4) is 0 Å². The van der Waals surface area contributed by atoms with Gasteiger partial charge in [0.2, 0.25) is 0 Å². The maximum atomic E-state index is 2.62. The molecule has 0 amide bonds. The van der Waals surface area contributed by atoms with Crippen molar-refractivity contribution in [3.05, 3.63) is 169 Å². The summed E-state index contributed by atoms with van der Waals surface area (Å²) in [5, 5.41) is 7.89. The average Bonchev–Trinajstić information content (AvgIpc) is 3.42. The van der Waals surface area contributed by atoms with Gasteiger partial charge in [-0.1, -0.05) is 146 Å². The Morgan fingerprint density at radius 3 is 1.88 bits per heavy atom. The lowest BCUT2D eigenvalue weighted by molar-refractivity contribution is 0.615. The number of nitrogens with zero attached hydrogens (tertiary/aromatic N) is 1. The minimum absolute atomic E-state index is 0.352. The van der Waals surface area contributed by atoms with E-state index in [4.69, 9.17) is 0 Å². The van der Waals surface area contributed by atoms with Gasteiger partial charge in [0.25, 0.3) is 0 Å². The number of anilines is 1. The second kappa shape index (κ2) is 9.71. The standard InChI is InChI=1S/C42H31N/c1-2-10-32(11-3-1)43-41-17-9-8-16-38(41)40-27-31(23-25-42(40)43)29-20-18-28(19-21-29)30-22-24-37-35-14-5-4-12-33(35)34-13-6-7-15-36(34)39(37)26-30/h1-10,12-27,32,40,42H,11H2. The largest absolute Gasteiger partial charge is 0.357 e. The molecule has 0 radical (unpaired) electrons. The van der Waals surface area contributed by atoms with Crippen molar-refractivity contribution in [2.75, 3.05) is 4.90 Å². The van der Waals surface area contributed by atoms with Crippen molar-refractivity contribution in [3.8, 4) is 11.1 Å². The van der Waals surface area contributed by atoms with E-state index < -0.39 is 0 Å². The second-order valence-electron chi connectivity index (χ2n) is 12.0. The van der Waals surface area contributed by atoms with Gasteiger partial charge in [0.05, 0.1) is 12.1 Å². The van der Waals surface area contributed by atoms with Crippen molar-refractivity contribution in [3.63, 3.8) is 0 Å². The van der Waals surface area contributed by atoms with Crippen LogP contribution in [0.25, 0.3) is 49.0 Å². The summed E-state index contributed by atoms with van der Waals surface area (Å²) in [5.74, 6) is 0.360. The summed E-state index contributed by atoms with van der Waals surface area (Å²) in [6.45, 7) is 0. The van der Waals surface area contributed by atoms with Crippen molar-refractivity contribution >= 4 is 43.6 Å². The third-order valence-electron chi connectivity index (χ3n) is 9.71. The lowest BCUT2D eigenvalue weighted by Gasteiger charge is -2.35. The summed E-state index contributed by atoms with van der Waals surface area (Å²) in [5.41, 5.74) is 7.88. The van der Waals surface area contributed by atoms with Crippen LogP contribution >= 0.6 is 0 Å². The highest BCUT2D eigenvalue weighted by Crippen LogP contribution is 2.47. The van der Waals surface area contributed by atoms with Gasteiger partial charge < -0.3 is 4.90 Å². The summed E-state index contributed by atoms with van der Waals surface area (Å²) in [4.78, 5) is 2.62. The van der Waals surface area contributed by atoms with Crippen LogP contribution in [0.5, 0.6) is 0 Å². The van der Waals surface area contributed by atoms with Gasteiger partial charge in [-0.15, -0.1) is 0 Å². The van der Waals surface area contributed by atoms with Crippen LogP contribution in [0.4, 0.5) is 5.69 Å². The van der Waals surface area contributed by atoms with E-state index in [9.17, 15) is 0 Å². The predicted molar refractivity (Wildman–Crippen MR) is 184 cm³/mol. The topological polar surface area (TPSA) is 3.24 Å². The molecule has 2 aliphatic carbocycles. The zero-order valence-electron chi connectivity index (χ0n) is 23.9. The molecule has 0 N–H and O–H groups in total. The summed E-state index contributed by atoms with van der Waals surface area (Å²) in [6.07, 6.45) is 17.3. The molecule has 1 heteroatoms. The Hall–Kier alpha value is -5.14. The molecule has 0 spiro atoms. The van der Waals surface area contributed by atoms with Gasteiger partial charge in [0.15, 0.2) is 0 Å². The Labute approximate surface area is 252 Å². The lowest BCUT2D eigenvalue weighted by Crippen LogP contribution is -2.40. The number of hydrogen-bond acceptors (Lipinski definition) is 1. The Bertz CT molecular complexity index is 2140. The first kappa shape index (κ1) is 24.5. The van der Waals surface area contributed by atoms with Crippen molar-refractivity contribution in [1.29, 1.82) is 0 Å². The van der Waals surface area contributed by atoms with Gasteiger partial charge in [-0.3, -0.25) is 0 Å². The number of hydrogen-bond donors (Lipinski definition) is 0. The summed E-state index contributed by atoms with van der Waals surface area (Å²) >= 11 is 0. The number of para-hydroxylation sites is 1. The number of allylic oxidation sites excluding steroid dienone is 4. The molecule has 0 saturated heterocycles. The van der Waals surface area contributed by atoms with Gasteiger partial charge in [-0.25, -0.2) is 0 Å². The Balaban J connectivity index is 1.07. The molecule has 3 unspecified atom stereocenters. The van der Waals surface area contributed by atoms with E-state index in [1.807, 2.05) is 0 Å². The molecule has 0 fully saturated rings. The third-order valence-corrected chi connectivity index (χ3v) is 9.71. The predicted octanol–water partition coefficient (Wildman–Crippen LogP) is 10.6. The average molecular weight is 550 g/mol. The molecule has 9 rings (SSSR count). The Kier molecular flexibility index (Phi) is 5.52. The molecule has 6 aromatic carbocycles. The molecular formula is C42H31N. The highest BCUT2D eigenvalue weighted by atomic mass is 15.2. The van der Waals surface area contributed by atoms with Gasteiger partial charge in [-0.2, -0.15) is 0 Å². The van der Waals surface area contributed by atoms with Crippen LogP contribution in [0, 0.1) is 0 Å². The molecule has 1 heterocycles. The van der Waals surface area contributed by atoms with Gasteiger partial charge in [-0.05, 0) is 78.7 Å². The fourth-order valence-electron chi connectivity index (χ4n) is 7.68. The van der Waals surface area contributed by atoms with Gasteiger partial charge in [0, 0.05) is 11.6 Å². The molecule has 0 bridgehead atoms. The van der Waals surface area contributed by atoms with Crippen LogP contribution < -0.4 is 4.90 Å². The second-order valence-corrected chi connectivity index (χ2v) is 12.0. The molecule has 0 aromatic heterocycles. The fourth-order valence-corrected chi connectivity index (χ4v) is 7.68. The molecule has 3 atom stereocenters. The molecule has 3 aliphatic rings. The normalized spacial score (nSPS) is 20.5. The quantitative estimate of drug-likeness (QED) is 0.199. The van der Waals surface area contributed by atoms with Gasteiger partial charge in [0.1, 0.15) is 0 Å². The first-order valence-corrected chi connectivity index (χ1v) is 15.4. The van der Waals surface area contributed by atoms with E-state index in [2.05, 4.69) is 163 Å². The monoisotopic (exact) mass is 549 g/mol. The van der Waals surface area contributed by atoms with E-state index >= 15 is 0 Å². The highest BCUT2D eigenvalue weighted by molar-refractivity contribution is 6.25. The Morgan fingerprint density at radius 1 is 0.535 bits per heavy atom. The highest BCUT2D eigenvalue weighted by Gasteiger charge is 2.39. The summed E-state index contributed by atoms with van der Waals surface area (Å²) < 4.78 is 0. The minimum atomic E-state index is 0.352. The van der Waals surface area contributed by atoms with Crippen molar-refractivity contribution in [2.45, 2.75) is 24.4 Å².